The van der Waals surface area contributed by atoms with E-state index in [1.807, 2.05) is 6.92 Å². The van der Waals surface area contributed by atoms with Crippen molar-refractivity contribution in [3.05, 3.63) is 28.5 Å². The lowest BCUT2D eigenvalue weighted by Crippen LogP contribution is -2.03. The summed E-state index contributed by atoms with van der Waals surface area (Å²) in [7, 11) is 0. The number of aromatic nitrogens is 1. The molecule has 15 heavy (non-hydrogen) atoms. The minimum atomic E-state index is -0.805. The van der Waals surface area contributed by atoms with Crippen molar-refractivity contribution >= 4 is 11.6 Å². The predicted octanol–water partition coefficient (Wildman–Crippen LogP) is 4.31. The molecule has 1 atom stereocenters. The van der Waals surface area contributed by atoms with Gasteiger partial charge >= 0.3 is 0 Å². The van der Waals surface area contributed by atoms with Gasteiger partial charge in [0.15, 0.2) is 11.6 Å². The number of nitrogens with zero attached hydrogens (tertiary/aromatic N) is 1. The Labute approximate surface area is 93.5 Å². The Morgan fingerprint density at radius 1 is 1.47 bits per heavy atom. The lowest BCUT2D eigenvalue weighted by Gasteiger charge is -2.11. The van der Waals surface area contributed by atoms with Gasteiger partial charge in [-0.15, -0.1) is 0 Å². The molecule has 1 aromatic heterocycles. The van der Waals surface area contributed by atoms with Crippen LogP contribution < -0.4 is 0 Å². The average Bonchev–Trinajstić information content (AvgIpc) is 2.23. The maximum absolute atomic E-state index is 13.5. The molecule has 0 aromatic carbocycles. The largest absolute Gasteiger partial charge is 0.255 e. The van der Waals surface area contributed by atoms with Crippen molar-refractivity contribution in [3.63, 3.8) is 0 Å². The van der Waals surface area contributed by atoms with Crippen LogP contribution in [0.1, 0.15) is 44.7 Å². The van der Waals surface area contributed by atoms with E-state index in [4.69, 9.17) is 11.6 Å². The van der Waals surface area contributed by atoms with E-state index in [1.165, 1.54) is 0 Å². The average molecular weight is 234 g/mol. The first kappa shape index (κ1) is 12.4. The van der Waals surface area contributed by atoms with Crippen LogP contribution in [0.15, 0.2) is 6.20 Å². The standard InChI is InChI=1S/C11H14ClF2N/c1-3-4-5-7(2)11-10(14)9(12)8(13)6-15-11/h6-7H,3-5H2,1-2H3. The van der Waals surface area contributed by atoms with Crippen molar-refractivity contribution in [2.75, 3.05) is 0 Å². The number of unbranched alkanes of at least 4 members (excludes halogenated alkanes) is 1. The summed E-state index contributed by atoms with van der Waals surface area (Å²) in [6, 6.07) is 0. The van der Waals surface area contributed by atoms with Gasteiger partial charge in [0.2, 0.25) is 0 Å². The van der Waals surface area contributed by atoms with Gasteiger partial charge in [-0.25, -0.2) is 8.78 Å². The number of hydrogen-bond donors (Lipinski definition) is 0. The molecule has 0 radical (unpaired) electrons. The van der Waals surface area contributed by atoms with Crippen LogP contribution in [0.25, 0.3) is 0 Å². The van der Waals surface area contributed by atoms with E-state index in [2.05, 4.69) is 11.9 Å². The van der Waals surface area contributed by atoms with Gasteiger partial charge in [-0.05, 0) is 6.42 Å². The van der Waals surface area contributed by atoms with Gasteiger partial charge < -0.3 is 0 Å². The van der Waals surface area contributed by atoms with Crippen molar-refractivity contribution in [1.29, 1.82) is 0 Å². The van der Waals surface area contributed by atoms with Crippen LogP contribution in [0.3, 0.4) is 0 Å². The number of hydrogen-bond acceptors (Lipinski definition) is 1. The molecule has 0 saturated heterocycles. The van der Waals surface area contributed by atoms with Crippen LogP contribution in [0, 0.1) is 11.6 Å². The monoisotopic (exact) mass is 233 g/mol. The van der Waals surface area contributed by atoms with Gasteiger partial charge in [0.1, 0.15) is 5.02 Å². The Hall–Kier alpha value is -0.700. The maximum atomic E-state index is 13.5. The van der Waals surface area contributed by atoms with Gasteiger partial charge in [0.05, 0.1) is 11.9 Å². The summed E-state index contributed by atoms with van der Waals surface area (Å²) in [5.41, 5.74) is 0.259. The SMILES string of the molecule is CCCCC(C)c1ncc(F)c(Cl)c1F. The second-order valence-corrected chi connectivity index (χ2v) is 4.04. The van der Waals surface area contributed by atoms with E-state index < -0.39 is 16.7 Å². The maximum Gasteiger partial charge on any atom is 0.166 e. The summed E-state index contributed by atoms with van der Waals surface area (Å²) in [5, 5.41) is -0.455. The third-order valence-electron chi connectivity index (χ3n) is 2.40. The summed E-state index contributed by atoms with van der Waals surface area (Å²) in [6.07, 6.45) is 3.85. The molecule has 0 bridgehead atoms. The van der Waals surface area contributed by atoms with Crippen LogP contribution in [-0.2, 0) is 0 Å². The number of pyridine rings is 1. The fourth-order valence-corrected chi connectivity index (χ4v) is 1.59. The number of rotatable bonds is 4. The highest BCUT2D eigenvalue weighted by Crippen LogP contribution is 2.27. The molecule has 84 valence electrons. The number of halogens is 3. The first-order valence-corrected chi connectivity index (χ1v) is 5.45. The van der Waals surface area contributed by atoms with E-state index in [0.29, 0.717) is 0 Å². The quantitative estimate of drug-likeness (QED) is 0.755. The smallest absolute Gasteiger partial charge is 0.166 e. The molecule has 1 unspecified atom stereocenters. The molecule has 0 saturated carbocycles. The molecule has 1 aromatic rings. The summed E-state index contributed by atoms with van der Waals surface area (Å²) >= 11 is 5.47. The summed E-state index contributed by atoms with van der Waals surface area (Å²) in [4.78, 5) is 3.76. The van der Waals surface area contributed by atoms with E-state index in [-0.39, 0.29) is 11.6 Å². The van der Waals surface area contributed by atoms with Crippen LogP contribution in [0.5, 0.6) is 0 Å². The summed E-state index contributed by atoms with van der Waals surface area (Å²) in [6.45, 7) is 3.93. The molecule has 0 N–H and O–H groups in total. The zero-order valence-corrected chi connectivity index (χ0v) is 9.61. The minimum absolute atomic E-state index is 0.0250. The molecule has 0 fully saturated rings. The van der Waals surface area contributed by atoms with Crippen LogP contribution in [0.4, 0.5) is 8.78 Å². The first-order chi connectivity index (χ1) is 7.07. The Balaban J connectivity index is 2.90. The van der Waals surface area contributed by atoms with E-state index in [0.717, 1.165) is 25.5 Å². The van der Waals surface area contributed by atoms with Crippen molar-refractivity contribution in [3.8, 4) is 0 Å². The normalized spacial score (nSPS) is 12.9. The Bertz CT molecular complexity index is 342. The fourth-order valence-electron chi connectivity index (χ4n) is 1.45. The minimum Gasteiger partial charge on any atom is -0.255 e. The van der Waals surface area contributed by atoms with Gasteiger partial charge in [0.25, 0.3) is 0 Å². The highest BCUT2D eigenvalue weighted by Gasteiger charge is 2.17. The van der Waals surface area contributed by atoms with Gasteiger partial charge in [-0.3, -0.25) is 4.98 Å². The molecule has 1 rings (SSSR count). The fraction of sp³-hybridized carbons (Fsp3) is 0.545. The van der Waals surface area contributed by atoms with Gasteiger partial charge in [-0.2, -0.15) is 0 Å². The molecule has 0 aliphatic carbocycles. The molecule has 0 amide bonds. The molecular formula is C11H14ClF2N. The van der Waals surface area contributed by atoms with Crippen molar-refractivity contribution < 1.29 is 8.78 Å². The van der Waals surface area contributed by atoms with E-state index in [1.54, 1.807) is 0 Å². The Kier molecular flexibility index (Phi) is 4.45. The third kappa shape index (κ3) is 2.88. The van der Waals surface area contributed by atoms with E-state index in [9.17, 15) is 8.78 Å². The second kappa shape index (κ2) is 5.40. The lowest BCUT2D eigenvalue weighted by molar-refractivity contribution is 0.524. The predicted molar refractivity (Wildman–Crippen MR) is 57.1 cm³/mol. The van der Waals surface area contributed by atoms with Crippen molar-refractivity contribution in [1.82, 2.24) is 4.98 Å². The molecule has 1 nitrogen and oxygen atoms in total. The zero-order valence-electron chi connectivity index (χ0n) is 8.86. The Morgan fingerprint density at radius 2 is 2.13 bits per heavy atom. The van der Waals surface area contributed by atoms with Crippen molar-refractivity contribution in [2.24, 2.45) is 0 Å². The summed E-state index contributed by atoms with van der Waals surface area (Å²) in [5.74, 6) is -1.55. The molecule has 0 aliphatic heterocycles. The summed E-state index contributed by atoms with van der Waals surface area (Å²) < 4.78 is 26.3. The lowest BCUT2D eigenvalue weighted by atomic mass is 10.00. The second-order valence-electron chi connectivity index (χ2n) is 3.66. The zero-order chi connectivity index (χ0) is 11.4. The molecular weight excluding hydrogens is 220 g/mol. The topological polar surface area (TPSA) is 12.9 Å². The highest BCUT2D eigenvalue weighted by molar-refractivity contribution is 6.30. The van der Waals surface area contributed by atoms with Gasteiger partial charge in [0, 0.05) is 5.92 Å². The van der Waals surface area contributed by atoms with Crippen LogP contribution >= 0.6 is 11.6 Å². The molecule has 4 heteroatoms. The van der Waals surface area contributed by atoms with Crippen molar-refractivity contribution in [2.45, 2.75) is 39.0 Å². The Morgan fingerprint density at radius 3 is 2.73 bits per heavy atom. The molecule has 0 aliphatic rings. The third-order valence-corrected chi connectivity index (χ3v) is 2.75. The highest BCUT2D eigenvalue weighted by atomic mass is 35.5. The molecule has 1 heterocycles. The van der Waals surface area contributed by atoms with Crippen LogP contribution in [0.2, 0.25) is 5.02 Å². The van der Waals surface area contributed by atoms with Crippen LogP contribution in [-0.4, -0.2) is 4.98 Å². The van der Waals surface area contributed by atoms with E-state index >= 15 is 0 Å². The van der Waals surface area contributed by atoms with Gasteiger partial charge in [-0.1, -0.05) is 38.3 Å². The first-order valence-electron chi connectivity index (χ1n) is 5.07. The molecule has 0 spiro atoms.